The predicted octanol–water partition coefficient (Wildman–Crippen LogP) is 6.18. The van der Waals surface area contributed by atoms with Gasteiger partial charge in [-0.2, -0.15) is 0 Å². The van der Waals surface area contributed by atoms with Gasteiger partial charge in [0.1, 0.15) is 30.1 Å². The van der Waals surface area contributed by atoms with Crippen LogP contribution in [0.5, 0.6) is 0 Å². The van der Waals surface area contributed by atoms with Crippen molar-refractivity contribution < 1.29 is 63.0 Å². The maximum absolute atomic E-state index is 14.4. The molecule has 14 heteroatoms. The number of methoxy groups -OCH3 is 3. The van der Waals surface area contributed by atoms with E-state index in [2.05, 4.69) is 0 Å². The minimum Gasteiger partial charge on any atom is -0.460 e. The Kier molecular flexibility index (Phi) is 21.0. The molecule has 0 aromatic heterocycles. The van der Waals surface area contributed by atoms with Gasteiger partial charge in [-0.25, -0.2) is 4.79 Å². The Morgan fingerprint density at radius 2 is 1.57 bits per heavy atom. The van der Waals surface area contributed by atoms with Crippen molar-refractivity contribution in [3.05, 3.63) is 47.6 Å². The van der Waals surface area contributed by atoms with Crippen LogP contribution in [0.3, 0.4) is 0 Å². The number of fused-ring (bicyclic) bond motifs is 3. The number of hydrogen-bond acceptors (Lipinski definition) is 13. The molecule has 3 N–H and O–H groups in total. The molecular weight excluding hydrogens is 835 g/mol. The van der Waals surface area contributed by atoms with Gasteiger partial charge in [0.2, 0.25) is 5.79 Å². The Hall–Kier alpha value is -3.37. The summed E-state index contributed by atoms with van der Waals surface area (Å²) >= 11 is 0. The second kappa shape index (κ2) is 25.1. The third-order valence-corrected chi connectivity index (χ3v) is 14.5. The molecular formula is C51H79NO13. The number of aliphatic hydroxyl groups excluding tert-OH is 2. The molecule has 3 heterocycles. The van der Waals surface area contributed by atoms with E-state index >= 15 is 0 Å². The number of ketones is 3. The fourth-order valence-corrected chi connectivity index (χ4v) is 10.1. The SMILES string of the molecule is COC1C(=O)C(C)C[C@H](C)/C=C/C=C/C=C(\C)[C@@H](OC)C[C@@H]2CC[C@@H](C)[C@@](O)(O2)C(=O)C(=O)N2CCCC[C@H]2C(=O)O[C@H]([C@H](C)C[C@@H]2CC[C@@H](O)[C@H](OC)C2)CC(=O)[C@H](C)/C=C(\C)[C@H]1O. The van der Waals surface area contributed by atoms with Crippen LogP contribution in [0.4, 0.5) is 0 Å². The molecule has 4 aliphatic rings. The van der Waals surface area contributed by atoms with Crippen molar-refractivity contribution >= 4 is 29.2 Å². The number of rotatable bonds is 6. The monoisotopic (exact) mass is 914 g/mol. The summed E-state index contributed by atoms with van der Waals surface area (Å²) in [6, 6.07) is -1.14. The van der Waals surface area contributed by atoms with Gasteiger partial charge in [-0.3, -0.25) is 19.2 Å². The van der Waals surface area contributed by atoms with E-state index in [1.165, 1.54) is 12.0 Å². The molecule has 0 aromatic carbocycles. The number of piperidine rings is 1. The number of hydrogen-bond donors (Lipinski definition) is 3. The average Bonchev–Trinajstić information content (AvgIpc) is 3.28. The van der Waals surface area contributed by atoms with Gasteiger partial charge >= 0.3 is 5.97 Å². The molecule has 4 rings (SSSR count). The molecule has 0 spiro atoms. The van der Waals surface area contributed by atoms with Crippen LogP contribution in [0.25, 0.3) is 0 Å². The minimum absolute atomic E-state index is 0.0193. The molecule has 1 aliphatic carbocycles. The zero-order valence-corrected chi connectivity index (χ0v) is 40.6. The number of carbonyl (C=O) groups excluding carboxylic acids is 5. The molecule has 3 fully saturated rings. The van der Waals surface area contributed by atoms with Crippen molar-refractivity contribution in [3.8, 4) is 0 Å². The number of ether oxygens (including phenoxy) is 5. The second-order valence-corrected chi connectivity index (χ2v) is 19.6. The van der Waals surface area contributed by atoms with Gasteiger partial charge < -0.3 is 43.9 Å². The molecule has 3 aliphatic heterocycles. The highest BCUT2D eigenvalue weighted by atomic mass is 16.6. The van der Waals surface area contributed by atoms with Gasteiger partial charge in [0.25, 0.3) is 11.7 Å². The largest absolute Gasteiger partial charge is 0.460 e. The van der Waals surface area contributed by atoms with Crippen molar-refractivity contribution in [2.45, 2.75) is 180 Å². The molecule has 65 heavy (non-hydrogen) atoms. The lowest BCUT2D eigenvalue weighted by molar-refractivity contribution is -0.265. The molecule has 1 amide bonds. The number of cyclic esters (lactones) is 1. The van der Waals surface area contributed by atoms with Crippen LogP contribution in [0.1, 0.15) is 126 Å². The topological polar surface area (TPSA) is 195 Å². The van der Waals surface area contributed by atoms with Gasteiger partial charge in [0.15, 0.2) is 5.78 Å². The fourth-order valence-electron chi connectivity index (χ4n) is 10.1. The van der Waals surface area contributed by atoms with E-state index in [-0.39, 0.29) is 54.8 Å². The number of allylic oxidation sites excluding steroid dienone is 6. The van der Waals surface area contributed by atoms with E-state index in [1.807, 2.05) is 58.1 Å². The maximum Gasteiger partial charge on any atom is 0.329 e. The van der Waals surface area contributed by atoms with E-state index in [0.29, 0.717) is 63.4 Å². The summed E-state index contributed by atoms with van der Waals surface area (Å²) in [7, 11) is 4.52. The Labute approximate surface area is 387 Å². The summed E-state index contributed by atoms with van der Waals surface area (Å²) in [5.41, 5.74) is 1.27. The van der Waals surface area contributed by atoms with Crippen LogP contribution in [0, 0.1) is 35.5 Å². The van der Waals surface area contributed by atoms with Gasteiger partial charge in [-0.05, 0) is 107 Å². The lowest BCUT2D eigenvalue weighted by Crippen LogP contribution is -2.61. The molecule has 2 bridgehead atoms. The van der Waals surface area contributed by atoms with E-state index in [4.69, 9.17) is 23.7 Å². The van der Waals surface area contributed by atoms with Crippen LogP contribution in [-0.4, -0.2) is 132 Å². The number of esters is 1. The normalized spacial score (nSPS) is 40.4. The van der Waals surface area contributed by atoms with Crippen LogP contribution in [0.2, 0.25) is 0 Å². The van der Waals surface area contributed by atoms with Gasteiger partial charge in [0.05, 0.1) is 24.4 Å². The van der Waals surface area contributed by atoms with Gasteiger partial charge in [-0.15, -0.1) is 0 Å². The average molecular weight is 914 g/mol. The van der Waals surface area contributed by atoms with E-state index in [0.717, 1.165) is 12.0 Å². The quantitative estimate of drug-likeness (QED) is 0.156. The van der Waals surface area contributed by atoms with Crippen molar-refractivity contribution in [2.75, 3.05) is 27.9 Å². The van der Waals surface area contributed by atoms with Crippen molar-refractivity contribution in [1.29, 1.82) is 0 Å². The molecule has 366 valence electrons. The fraction of sp³-hybridized carbons (Fsp3) is 0.745. The minimum atomic E-state index is -2.43. The zero-order chi connectivity index (χ0) is 48.2. The van der Waals surface area contributed by atoms with E-state index in [9.17, 15) is 39.3 Å². The Bertz CT molecular complexity index is 1760. The molecule has 0 aromatic rings. The maximum atomic E-state index is 14.4. The zero-order valence-electron chi connectivity index (χ0n) is 40.6. The highest BCUT2D eigenvalue weighted by Gasteiger charge is 2.53. The molecule has 1 saturated carbocycles. The first-order chi connectivity index (χ1) is 30.7. The molecule has 2 unspecified atom stereocenters. The summed E-state index contributed by atoms with van der Waals surface area (Å²) in [6.45, 7) is 12.7. The second-order valence-electron chi connectivity index (χ2n) is 19.6. The number of amides is 1. The van der Waals surface area contributed by atoms with Crippen LogP contribution < -0.4 is 0 Å². The summed E-state index contributed by atoms with van der Waals surface area (Å²) in [4.78, 5) is 71.8. The van der Waals surface area contributed by atoms with Crippen molar-refractivity contribution in [2.24, 2.45) is 35.5 Å². The van der Waals surface area contributed by atoms with Gasteiger partial charge in [-0.1, -0.05) is 71.1 Å². The third-order valence-electron chi connectivity index (χ3n) is 14.5. The highest BCUT2D eigenvalue weighted by molar-refractivity contribution is 6.39. The standard InChI is InChI=1S/C51H79NO13/c1-30-16-12-11-13-17-31(2)42(61-8)28-38-21-19-36(7)51(60,65-38)48(57)49(58)52-23-15-14-18-39(52)50(59)64-43(33(4)26-37-20-22-40(53)44(27-37)62-9)29-41(54)32(3)25-35(6)46(56)47(63-10)45(55)34(5)24-30/h11-13,16-17,25,30,32-34,36-40,42-44,46-47,53,56,60H,14-15,18-24,26-29H2,1-10H3/b13-11+,16-12+,31-17+,35-25+/t30-,32-,33-,34?,36-,37+,38+,39+,40-,42+,43+,44-,46-,47?,51-/m1/s1. The smallest absolute Gasteiger partial charge is 0.329 e. The summed E-state index contributed by atoms with van der Waals surface area (Å²) in [5.74, 6) is -7.96. The van der Waals surface area contributed by atoms with E-state index in [1.54, 1.807) is 41.1 Å². The Morgan fingerprint density at radius 1 is 0.846 bits per heavy atom. The molecule has 2 saturated heterocycles. The summed E-state index contributed by atoms with van der Waals surface area (Å²) < 4.78 is 29.4. The first kappa shape index (κ1) is 54.2. The predicted molar refractivity (Wildman–Crippen MR) is 245 cm³/mol. The first-order valence-corrected chi connectivity index (χ1v) is 23.9. The molecule has 15 atom stereocenters. The lowest BCUT2D eigenvalue weighted by atomic mass is 9.78. The van der Waals surface area contributed by atoms with Crippen molar-refractivity contribution in [3.63, 3.8) is 0 Å². The lowest BCUT2D eigenvalue weighted by Gasteiger charge is -2.42. The number of Topliss-reactive ketones (excluding diaryl/α,β-unsaturated/α-hetero) is 3. The molecule has 0 radical (unpaired) electrons. The Morgan fingerprint density at radius 3 is 2.25 bits per heavy atom. The molecule has 14 nitrogen and oxygen atoms in total. The summed E-state index contributed by atoms with van der Waals surface area (Å²) in [5, 5.41) is 33.8. The van der Waals surface area contributed by atoms with Crippen LogP contribution in [-0.2, 0) is 47.7 Å². The van der Waals surface area contributed by atoms with Crippen molar-refractivity contribution in [1.82, 2.24) is 4.90 Å². The third kappa shape index (κ3) is 14.3. The Balaban J connectivity index is 1.70. The van der Waals surface area contributed by atoms with Crippen LogP contribution in [0.15, 0.2) is 47.6 Å². The van der Waals surface area contributed by atoms with Crippen LogP contribution >= 0.6 is 0 Å². The number of aliphatic hydroxyl groups is 3. The first-order valence-electron chi connectivity index (χ1n) is 23.9. The summed E-state index contributed by atoms with van der Waals surface area (Å²) in [6.07, 6.45) is 11.2. The van der Waals surface area contributed by atoms with E-state index < -0.39 is 83.9 Å². The number of nitrogens with zero attached hydrogens (tertiary/aromatic N) is 1. The van der Waals surface area contributed by atoms with Gasteiger partial charge in [0, 0.05) is 58.5 Å². The number of carbonyl (C=O) groups is 5. The highest BCUT2D eigenvalue weighted by Crippen LogP contribution is 2.38.